The fraction of sp³-hybridized carbons (Fsp3) is 0. The molecular formula is C15H9NO3S. The normalized spacial score (nSPS) is 10.6. The Balaban J connectivity index is 2.08. The molecule has 0 aliphatic rings. The Morgan fingerprint density at radius 3 is 2.25 bits per heavy atom. The smallest absolute Gasteiger partial charge is 0.283 e. The number of Topliss-reactive ketones (excluding diaryl/α,β-unsaturated/α-hetero) is 1. The minimum absolute atomic E-state index is 0.279. The minimum Gasteiger partial charge on any atom is -0.283 e. The molecule has 20 heavy (non-hydrogen) atoms. The number of ketones is 1. The summed E-state index contributed by atoms with van der Waals surface area (Å²) in [6.45, 7) is 0. The van der Waals surface area contributed by atoms with E-state index in [-0.39, 0.29) is 5.56 Å². The summed E-state index contributed by atoms with van der Waals surface area (Å²) in [7, 11) is 0. The van der Waals surface area contributed by atoms with Gasteiger partial charge in [0.05, 0.1) is 10.1 Å². The van der Waals surface area contributed by atoms with Crippen molar-refractivity contribution in [2.45, 2.75) is 0 Å². The van der Waals surface area contributed by atoms with Crippen molar-refractivity contribution in [3.05, 3.63) is 70.5 Å². The molecule has 3 rings (SSSR count). The van der Waals surface area contributed by atoms with Crippen molar-refractivity contribution in [1.29, 1.82) is 0 Å². The molecule has 0 unspecified atom stereocenters. The zero-order valence-electron chi connectivity index (χ0n) is 10.3. The standard InChI is InChI=1S/C15H9NO3S/c17-13(10-6-2-1-3-7-10)15(19)16-14(18)11-8-4-5-9-12(11)20-16/h1-9H. The highest BCUT2D eigenvalue weighted by Crippen LogP contribution is 2.16. The van der Waals surface area contributed by atoms with E-state index in [2.05, 4.69) is 0 Å². The van der Waals surface area contributed by atoms with E-state index < -0.39 is 17.2 Å². The summed E-state index contributed by atoms with van der Waals surface area (Å²) in [5.74, 6) is -1.50. The first-order chi connectivity index (χ1) is 9.68. The molecule has 0 amide bonds. The Labute approximate surface area is 118 Å². The monoisotopic (exact) mass is 283 g/mol. The number of rotatable bonds is 2. The van der Waals surface area contributed by atoms with Gasteiger partial charge in [0.25, 0.3) is 11.3 Å². The van der Waals surface area contributed by atoms with Crippen LogP contribution in [0, 0.1) is 0 Å². The molecule has 4 nitrogen and oxygen atoms in total. The summed E-state index contributed by atoms with van der Waals surface area (Å²) in [5, 5.41) is 0.451. The third kappa shape index (κ3) is 1.98. The zero-order chi connectivity index (χ0) is 14.1. The van der Waals surface area contributed by atoms with E-state index in [0.29, 0.717) is 10.1 Å². The lowest BCUT2D eigenvalue weighted by Crippen LogP contribution is -2.28. The molecule has 0 aliphatic carbocycles. The van der Waals surface area contributed by atoms with Crippen LogP contribution in [0.2, 0.25) is 0 Å². The predicted octanol–water partition coefficient (Wildman–Crippen LogP) is 2.59. The van der Waals surface area contributed by atoms with Gasteiger partial charge in [0.2, 0.25) is 0 Å². The van der Waals surface area contributed by atoms with Crippen LogP contribution in [-0.2, 0) is 0 Å². The maximum Gasteiger partial charge on any atom is 0.315 e. The third-order valence-electron chi connectivity index (χ3n) is 2.91. The first-order valence-corrected chi connectivity index (χ1v) is 6.71. The van der Waals surface area contributed by atoms with E-state index >= 15 is 0 Å². The molecule has 0 N–H and O–H groups in total. The van der Waals surface area contributed by atoms with Crippen molar-refractivity contribution in [3.63, 3.8) is 0 Å². The number of nitrogens with zero attached hydrogens (tertiary/aromatic N) is 1. The highest BCUT2D eigenvalue weighted by Gasteiger charge is 2.21. The number of aromatic nitrogens is 1. The van der Waals surface area contributed by atoms with E-state index in [4.69, 9.17) is 0 Å². The van der Waals surface area contributed by atoms with Crippen LogP contribution in [0.25, 0.3) is 10.1 Å². The van der Waals surface area contributed by atoms with Crippen LogP contribution in [0.1, 0.15) is 15.2 Å². The van der Waals surface area contributed by atoms with Gasteiger partial charge in [0.1, 0.15) is 0 Å². The largest absolute Gasteiger partial charge is 0.315 e. The van der Waals surface area contributed by atoms with E-state index in [0.717, 1.165) is 15.5 Å². The molecule has 0 atom stereocenters. The van der Waals surface area contributed by atoms with Gasteiger partial charge in [-0.15, -0.1) is 0 Å². The predicted molar refractivity (Wildman–Crippen MR) is 77.5 cm³/mol. The maximum absolute atomic E-state index is 12.2. The molecule has 1 aromatic heterocycles. The second-order valence-electron chi connectivity index (χ2n) is 4.19. The van der Waals surface area contributed by atoms with Crippen molar-refractivity contribution < 1.29 is 9.59 Å². The van der Waals surface area contributed by atoms with Crippen LogP contribution >= 0.6 is 11.5 Å². The molecule has 0 saturated heterocycles. The second-order valence-corrected chi connectivity index (χ2v) is 5.17. The first-order valence-electron chi connectivity index (χ1n) is 5.93. The van der Waals surface area contributed by atoms with E-state index in [1.54, 1.807) is 54.6 Å². The Morgan fingerprint density at radius 1 is 0.900 bits per heavy atom. The molecule has 0 spiro atoms. The molecular weight excluding hydrogens is 274 g/mol. The Morgan fingerprint density at radius 2 is 1.55 bits per heavy atom. The van der Waals surface area contributed by atoms with Crippen molar-refractivity contribution >= 4 is 33.3 Å². The van der Waals surface area contributed by atoms with Gasteiger partial charge in [-0.25, -0.2) is 0 Å². The summed E-state index contributed by atoms with van der Waals surface area (Å²) >= 11 is 0.989. The molecule has 0 aliphatic heterocycles. The van der Waals surface area contributed by atoms with Gasteiger partial charge in [-0.2, -0.15) is 3.96 Å². The number of carbonyl (C=O) groups excluding carboxylic acids is 2. The molecule has 0 radical (unpaired) electrons. The number of fused-ring (bicyclic) bond motifs is 1. The molecule has 5 heteroatoms. The fourth-order valence-electron chi connectivity index (χ4n) is 1.91. The maximum atomic E-state index is 12.2. The van der Waals surface area contributed by atoms with E-state index in [1.165, 1.54) is 0 Å². The Kier molecular flexibility index (Phi) is 3.04. The summed E-state index contributed by atoms with van der Waals surface area (Å²) in [6.07, 6.45) is 0. The van der Waals surface area contributed by atoms with Gasteiger partial charge in [-0.3, -0.25) is 14.4 Å². The van der Waals surface area contributed by atoms with Gasteiger partial charge in [0, 0.05) is 5.56 Å². The summed E-state index contributed by atoms with van der Waals surface area (Å²) in [6, 6.07) is 15.1. The number of carbonyl (C=O) groups is 2. The molecule has 3 aromatic rings. The van der Waals surface area contributed by atoms with Crippen LogP contribution in [-0.4, -0.2) is 15.6 Å². The van der Waals surface area contributed by atoms with Gasteiger partial charge < -0.3 is 0 Å². The fourth-order valence-corrected chi connectivity index (χ4v) is 2.85. The molecule has 2 aromatic carbocycles. The van der Waals surface area contributed by atoms with Crippen LogP contribution < -0.4 is 5.56 Å². The average molecular weight is 283 g/mol. The minimum atomic E-state index is -0.817. The van der Waals surface area contributed by atoms with Crippen LogP contribution in [0.15, 0.2) is 59.4 Å². The quantitative estimate of drug-likeness (QED) is 0.536. The van der Waals surface area contributed by atoms with E-state index in [9.17, 15) is 14.4 Å². The topological polar surface area (TPSA) is 56.1 Å². The average Bonchev–Trinajstić information content (AvgIpc) is 2.84. The number of hydrogen-bond donors (Lipinski definition) is 0. The van der Waals surface area contributed by atoms with Crippen LogP contribution in [0.4, 0.5) is 0 Å². The van der Waals surface area contributed by atoms with Gasteiger partial charge in [-0.1, -0.05) is 42.5 Å². The highest BCUT2D eigenvalue weighted by atomic mass is 32.1. The molecule has 1 heterocycles. The molecule has 0 fully saturated rings. The van der Waals surface area contributed by atoms with Crippen molar-refractivity contribution in [3.8, 4) is 0 Å². The number of hydrogen-bond acceptors (Lipinski definition) is 4. The number of benzene rings is 2. The molecule has 98 valence electrons. The van der Waals surface area contributed by atoms with Gasteiger partial charge >= 0.3 is 5.91 Å². The van der Waals surface area contributed by atoms with Crippen LogP contribution in [0.5, 0.6) is 0 Å². The van der Waals surface area contributed by atoms with E-state index in [1.807, 2.05) is 0 Å². The molecule has 0 saturated carbocycles. The second kappa shape index (κ2) is 4.86. The Bertz CT molecular complexity index is 861. The first kappa shape index (κ1) is 12.5. The summed E-state index contributed by atoms with van der Waals surface area (Å²) < 4.78 is 1.60. The lowest BCUT2D eigenvalue weighted by Gasteiger charge is -1.98. The lowest BCUT2D eigenvalue weighted by atomic mass is 10.1. The van der Waals surface area contributed by atoms with Gasteiger partial charge in [0.15, 0.2) is 0 Å². The SMILES string of the molecule is O=C(C(=O)n1sc2ccccc2c1=O)c1ccccc1. The van der Waals surface area contributed by atoms with Gasteiger partial charge in [-0.05, 0) is 23.7 Å². The summed E-state index contributed by atoms with van der Waals surface area (Å²) in [5.41, 5.74) is -0.165. The van der Waals surface area contributed by atoms with Crippen molar-refractivity contribution in [2.24, 2.45) is 0 Å². The lowest BCUT2D eigenvalue weighted by molar-refractivity contribution is 0.0771. The van der Waals surface area contributed by atoms with Crippen molar-refractivity contribution in [2.75, 3.05) is 0 Å². The molecule has 0 bridgehead atoms. The zero-order valence-corrected chi connectivity index (χ0v) is 11.1. The van der Waals surface area contributed by atoms with Crippen molar-refractivity contribution in [1.82, 2.24) is 3.96 Å². The Hall–Kier alpha value is -2.53. The highest BCUT2D eigenvalue weighted by molar-refractivity contribution is 7.15. The third-order valence-corrected chi connectivity index (χ3v) is 3.97. The summed E-state index contributed by atoms with van der Waals surface area (Å²) in [4.78, 5) is 36.3. The van der Waals surface area contributed by atoms with Crippen LogP contribution in [0.3, 0.4) is 0 Å².